The maximum absolute atomic E-state index is 12.3. The zero-order chi connectivity index (χ0) is 20.4. The van der Waals surface area contributed by atoms with Gasteiger partial charge < -0.3 is 15.4 Å². The number of aromatic amines is 1. The molecule has 0 saturated carbocycles. The topological polar surface area (TPSA) is 121 Å². The number of nitrogens with one attached hydrogen (secondary N) is 1. The average molecular weight is 388 g/mol. The SMILES string of the molecule is CCOC(=O)N1CCc2nc(N)c(C#N)c(-c3cn[nH]c3-c3ccccc3)c2C1. The smallest absolute Gasteiger partial charge is 0.410 e. The van der Waals surface area contributed by atoms with Crippen LogP contribution in [0.3, 0.4) is 0 Å². The summed E-state index contributed by atoms with van der Waals surface area (Å²) in [5.74, 6) is 0.186. The summed E-state index contributed by atoms with van der Waals surface area (Å²) in [7, 11) is 0. The number of carbonyl (C=O) groups is 1. The molecule has 0 atom stereocenters. The van der Waals surface area contributed by atoms with Crippen molar-refractivity contribution in [3.05, 3.63) is 53.3 Å². The van der Waals surface area contributed by atoms with Crippen molar-refractivity contribution in [1.29, 1.82) is 5.26 Å². The minimum Gasteiger partial charge on any atom is -0.450 e. The van der Waals surface area contributed by atoms with E-state index >= 15 is 0 Å². The number of hydrogen-bond acceptors (Lipinski definition) is 6. The molecule has 1 aliphatic rings. The number of hydrogen-bond donors (Lipinski definition) is 2. The number of benzene rings is 1. The molecule has 1 amide bonds. The molecule has 0 spiro atoms. The number of ether oxygens (including phenoxy) is 1. The largest absolute Gasteiger partial charge is 0.450 e. The number of H-pyrrole nitrogens is 1. The van der Waals surface area contributed by atoms with Gasteiger partial charge >= 0.3 is 6.09 Å². The minimum atomic E-state index is -0.380. The van der Waals surface area contributed by atoms with Crippen LogP contribution < -0.4 is 5.73 Å². The minimum absolute atomic E-state index is 0.186. The summed E-state index contributed by atoms with van der Waals surface area (Å²) >= 11 is 0. The van der Waals surface area contributed by atoms with Gasteiger partial charge in [-0.3, -0.25) is 5.10 Å². The van der Waals surface area contributed by atoms with Crippen molar-refractivity contribution in [2.45, 2.75) is 19.9 Å². The monoisotopic (exact) mass is 388 g/mol. The van der Waals surface area contributed by atoms with Crippen molar-refractivity contribution in [3.8, 4) is 28.5 Å². The van der Waals surface area contributed by atoms with Gasteiger partial charge in [0.25, 0.3) is 0 Å². The van der Waals surface area contributed by atoms with Gasteiger partial charge in [-0.2, -0.15) is 10.4 Å². The zero-order valence-corrected chi connectivity index (χ0v) is 16.0. The number of aromatic nitrogens is 3. The Morgan fingerprint density at radius 3 is 2.90 bits per heavy atom. The molecule has 0 bridgehead atoms. The van der Waals surface area contributed by atoms with Crippen LogP contribution in [-0.4, -0.2) is 39.3 Å². The van der Waals surface area contributed by atoms with Crippen LogP contribution in [0.4, 0.5) is 10.6 Å². The van der Waals surface area contributed by atoms with E-state index in [1.54, 1.807) is 18.0 Å². The number of rotatable bonds is 3. The summed E-state index contributed by atoms with van der Waals surface area (Å²) < 4.78 is 5.16. The maximum Gasteiger partial charge on any atom is 0.410 e. The maximum atomic E-state index is 12.3. The average Bonchev–Trinajstić information content (AvgIpc) is 3.22. The Hall–Kier alpha value is -3.86. The summed E-state index contributed by atoms with van der Waals surface area (Å²) in [6.07, 6.45) is 1.84. The second-order valence-electron chi connectivity index (χ2n) is 6.68. The van der Waals surface area contributed by atoms with E-state index in [9.17, 15) is 10.1 Å². The van der Waals surface area contributed by atoms with Gasteiger partial charge in [-0.25, -0.2) is 9.78 Å². The van der Waals surface area contributed by atoms with Gasteiger partial charge in [0.05, 0.1) is 30.7 Å². The lowest BCUT2D eigenvalue weighted by Gasteiger charge is -2.29. The van der Waals surface area contributed by atoms with Crippen molar-refractivity contribution in [2.75, 3.05) is 18.9 Å². The molecule has 8 heteroatoms. The first kappa shape index (κ1) is 18.5. The molecule has 1 aliphatic heterocycles. The highest BCUT2D eigenvalue weighted by Crippen LogP contribution is 2.39. The lowest BCUT2D eigenvalue weighted by Crippen LogP contribution is -2.37. The summed E-state index contributed by atoms with van der Waals surface area (Å²) in [6, 6.07) is 11.9. The van der Waals surface area contributed by atoms with Crippen LogP contribution in [0.25, 0.3) is 22.4 Å². The van der Waals surface area contributed by atoms with Gasteiger partial charge in [-0.15, -0.1) is 0 Å². The van der Waals surface area contributed by atoms with Gasteiger partial charge in [0.2, 0.25) is 0 Å². The second-order valence-corrected chi connectivity index (χ2v) is 6.68. The number of nitrogens with two attached hydrogens (primary N) is 1. The molecule has 0 radical (unpaired) electrons. The van der Waals surface area contributed by atoms with E-state index in [-0.39, 0.29) is 17.5 Å². The number of fused-ring (bicyclic) bond motifs is 1. The van der Waals surface area contributed by atoms with Crippen LogP contribution in [0, 0.1) is 11.3 Å². The first-order chi connectivity index (χ1) is 14.1. The fourth-order valence-corrected chi connectivity index (χ4v) is 3.66. The van der Waals surface area contributed by atoms with Crippen LogP contribution in [0.15, 0.2) is 36.5 Å². The van der Waals surface area contributed by atoms with E-state index < -0.39 is 0 Å². The van der Waals surface area contributed by atoms with E-state index in [1.807, 2.05) is 30.3 Å². The molecule has 8 nitrogen and oxygen atoms in total. The fraction of sp³-hybridized carbons (Fsp3) is 0.238. The summed E-state index contributed by atoms with van der Waals surface area (Å²) in [5.41, 5.74) is 11.1. The molecule has 3 aromatic rings. The molecule has 0 aliphatic carbocycles. The molecule has 2 aromatic heterocycles. The van der Waals surface area contributed by atoms with Crippen molar-refractivity contribution >= 4 is 11.9 Å². The summed E-state index contributed by atoms with van der Waals surface area (Å²) in [5, 5.41) is 17.1. The molecule has 0 saturated heterocycles. The van der Waals surface area contributed by atoms with Crippen molar-refractivity contribution < 1.29 is 9.53 Å². The third-order valence-corrected chi connectivity index (χ3v) is 4.99. The van der Waals surface area contributed by atoms with Gasteiger partial charge in [-0.1, -0.05) is 30.3 Å². The molecule has 0 fully saturated rings. The number of nitriles is 1. The third-order valence-electron chi connectivity index (χ3n) is 4.99. The number of carbonyl (C=O) groups excluding carboxylic acids is 1. The van der Waals surface area contributed by atoms with Crippen LogP contribution in [0.2, 0.25) is 0 Å². The predicted octanol–water partition coefficient (Wildman–Crippen LogP) is 3.11. The molecular weight excluding hydrogens is 368 g/mol. The lowest BCUT2D eigenvalue weighted by molar-refractivity contribution is 0.102. The molecule has 1 aromatic carbocycles. The van der Waals surface area contributed by atoms with Crippen LogP contribution in [0.5, 0.6) is 0 Å². The Balaban J connectivity index is 1.89. The van der Waals surface area contributed by atoms with Crippen LogP contribution in [0.1, 0.15) is 23.7 Å². The fourth-order valence-electron chi connectivity index (χ4n) is 3.66. The van der Waals surface area contributed by atoms with E-state index in [0.717, 1.165) is 28.1 Å². The number of nitrogens with zero attached hydrogens (tertiary/aromatic N) is 4. The number of pyridine rings is 1. The van der Waals surface area contributed by atoms with E-state index in [1.165, 1.54) is 0 Å². The van der Waals surface area contributed by atoms with Crippen LogP contribution >= 0.6 is 0 Å². The van der Waals surface area contributed by atoms with Crippen molar-refractivity contribution in [1.82, 2.24) is 20.1 Å². The summed E-state index contributed by atoms with van der Waals surface area (Å²) in [4.78, 5) is 18.4. The quantitative estimate of drug-likeness (QED) is 0.711. The molecule has 4 rings (SSSR count). The Morgan fingerprint density at radius 1 is 1.38 bits per heavy atom. The highest BCUT2D eigenvalue weighted by Gasteiger charge is 2.29. The Labute approximate surface area is 167 Å². The molecule has 29 heavy (non-hydrogen) atoms. The van der Waals surface area contributed by atoms with Gasteiger partial charge in [0.15, 0.2) is 0 Å². The van der Waals surface area contributed by atoms with E-state index in [4.69, 9.17) is 10.5 Å². The highest BCUT2D eigenvalue weighted by atomic mass is 16.6. The Kier molecular flexibility index (Phi) is 4.87. The molecule has 3 N–H and O–H groups in total. The van der Waals surface area contributed by atoms with Gasteiger partial charge in [0.1, 0.15) is 17.5 Å². The standard InChI is InChI=1S/C21H20N6O2/c1-2-29-21(28)27-9-8-17-16(12-27)18(14(10-22)20(23)25-17)15-11-24-26-19(15)13-6-4-3-5-7-13/h3-7,11H,2,8-9,12H2,1H3,(H2,23,25)(H,24,26). The first-order valence-electron chi connectivity index (χ1n) is 9.36. The Morgan fingerprint density at radius 2 is 2.17 bits per heavy atom. The molecular formula is C21H20N6O2. The van der Waals surface area contributed by atoms with Gasteiger partial charge in [-0.05, 0) is 6.92 Å². The van der Waals surface area contributed by atoms with E-state index in [0.29, 0.717) is 31.7 Å². The number of amides is 1. The van der Waals surface area contributed by atoms with Gasteiger partial charge in [0, 0.05) is 35.2 Å². The zero-order valence-electron chi connectivity index (χ0n) is 16.0. The number of nitrogen functional groups attached to an aromatic ring is 1. The number of anilines is 1. The first-order valence-corrected chi connectivity index (χ1v) is 9.36. The molecule has 146 valence electrons. The molecule has 3 heterocycles. The predicted molar refractivity (Wildman–Crippen MR) is 108 cm³/mol. The Bertz CT molecular complexity index is 1100. The lowest BCUT2D eigenvalue weighted by atomic mass is 9.90. The van der Waals surface area contributed by atoms with Crippen molar-refractivity contribution in [2.24, 2.45) is 0 Å². The third kappa shape index (κ3) is 3.27. The van der Waals surface area contributed by atoms with Crippen molar-refractivity contribution in [3.63, 3.8) is 0 Å². The second kappa shape index (κ2) is 7.64. The molecule has 0 unspecified atom stereocenters. The normalized spacial score (nSPS) is 12.9. The summed E-state index contributed by atoms with van der Waals surface area (Å²) in [6.45, 7) is 2.86. The highest BCUT2D eigenvalue weighted by molar-refractivity contribution is 5.88. The van der Waals surface area contributed by atoms with Crippen LogP contribution in [-0.2, 0) is 17.7 Å². The van der Waals surface area contributed by atoms with E-state index in [2.05, 4.69) is 21.3 Å².